The van der Waals surface area contributed by atoms with E-state index in [1.165, 1.54) is 16.5 Å². The summed E-state index contributed by atoms with van der Waals surface area (Å²) in [4.78, 5) is 12.1. The van der Waals surface area contributed by atoms with Crippen LogP contribution in [0.15, 0.2) is 42.7 Å². The second-order valence-corrected chi connectivity index (χ2v) is 6.68. The Hall–Kier alpha value is -2.56. The van der Waals surface area contributed by atoms with Gasteiger partial charge in [0.05, 0.1) is 0 Å². The number of rotatable bonds is 5. The lowest BCUT2D eigenvalue weighted by Crippen LogP contribution is -2.27. The molecule has 0 aliphatic rings. The number of hydrogen-bond acceptors (Lipinski definition) is 4. The first-order valence-electron chi connectivity index (χ1n) is 7.91. The zero-order chi connectivity index (χ0) is 16.3. The molecule has 0 aliphatic heterocycles. The van der Waals surface area contributed by atoms with Crippen LogP contribution in [-0.4, -0.2) is 27.0 Å². The van der Waals surface area contributed by atoms with Crippen LogP contribution >= 0.6 is 0 Å². The molecule has 5 nitrogen and oxygen atoms in total. The predicted octanol–water partition coefficient (Wildman–Crippen LogP) is 3.82. The van der Waals surface area contributed by atoms with Crippen molar-refractivity contribution in [3.8, 4) is 0 Å². The lowest BCUT2D eigenvalue weighted by Gasteiger charge is -2.20. The first-order chi connectivity index (χ1) is 11.0. The largest absolute Gasteiger partial charge is 0.370 e. The number of hydrogen-bond donors (Lipinski definition) is 3. The van der Waals surface area contributed by atoms with E-state index in [1.807, 2.05) is 12.1 Å². The summed E-state index contributed by atoms with van der Waals surface area (Å²) >= 11 is 0. The third-order valence-corrected chi connectivity index (χ3v) is 3.52. The Morgan fingerprint density at radius 2 is 1.96 bits per heavy atom. The first kappa shape index (κ1) is 15.3. The molecule has 0 saturated carbocycles. The summed E-state index contributed by atoms with van der Waals surface area (Å²) in [6.07, 6.45) is 4.80. The highest BCUT2D eigenvalue weighted by Gasteiger charge is 2.11. The SMILES string of the molecule is CC(C)(C)Nc1nccc(NCCc2c[nH]c3ccccc23)n1. The average Bonchev–Trinajstić information content (AvgIpc) is 2.89. The van der Waals surface area contributed by atoms with Crippen molar-refractivity contribution in [2.45, 2.75) is 32.7 Å². The minimum atomic E-state index is -0.0529. The first-order valence-corrected chi connectivity index (χ1v) is 7.91. The van der Waals surface area contributed by atoms with E-state index in [-0.39, 0.29) is 5.54 Å². The molecule has 3 aromatic rings. The molecular formula is C18H23N5. The molecular weight excluding hydrogens is 286 g/mol. The summed E-state index contributed by atoms with van der Waals surface area (Å²) in [5.41, 5.74) is 2.44. The van der Waals surface area contributed by atoms with E-state index in [9.17, 15) is 0 Å². The maximum Gasteiger partial charge on any atom is 0.224 e. The molecule has 2 heterocycles. The number of nitrogens with one attached hydrogen (secondary N) is 3. The van der Waals surface area contributed by atoms with Gasteiger partial charge in [-0.25, -0.2) is 4.98 Å². The lowest BCUT2D eigenvalue weighted by molar-refractivity contribution is 0.626. The van der Waals surface area contributed by atoms with Crippen molar-refractivity contribution in [1.29, 1.82) is 0 Å². The number of fused-ring (bicyclic) bond motifs is 1. The Bertz CT molecular complexity index is 785. The minimum Gasteiger partial charge on any atom is -0.370 e. The molecule has 120 valence electrons. The maximum absolute atomic E-state index is 4.50. The van der Waals surface area contributed by atoms with Gasteiger partial charge < -0.3 is 15.6 Å². The van der Waals surface area contributed by atoms with E-state index in [1.54, 1.807) is 6.20 Å². The molecule has 0 amide bonds. The van der Waals surface area contributed by atoms with Crippen LogP contribution in [0.3, 0.4) is 0 Å². The van der Waals surface area contributed by atoms with Gasteiger partial charge in [-0.2, -0.15) is 4.98 Å². The molecule has 0 atom stereocenters. The van der Waals surface area contributed by atoms with Crippen LogP contribution in [0, 0.1) is 0 Å². The van der Waals surface area contributed by atoms with Crippen LogP contribution in [0.4, 0.5) is 11.8 Å². The van der Waals surface area contributed by atoms with Crippen LogP contribution in [0.25, 0.3) is 10.9 Å². The van der Waals surface area contributed by atoms with E-state index >= 15 is 0 Å². The molecule has 2 aromatic heterocycles. The van der Waals surface area contributed by atoms with Crippen molar-refractivity contribution in [3.63, 3.8) is 0 Å². The Morgan fingerprint density at radius 3 is 2.78 bits per heavy atom. The van der Waals surface area contributed by atoms with Crippen LogP contribution in [0.5, 0.6) is 0 Å². The van der Waals surface area contributed by atoms with Gasteiger partial charge in [0.15, 0.2) is 0 Å². The number of nitrogens with zero attached hydrogens (tertiary/aromatic N) is 2. The van der Waals surface area contributed by atoms with Crippen LogP contribution < -0.4 is 10.6 Å². The van der Waals surface area contributed by atoms with Gasteiger partial charge in [-0.15, -0.1) is 0 Å². The smallest absolute Gasteiger partial charge is 0.224 e. The summed E-state index contributed by atoms with van der Waals surface area (Å²) in [5.74, 6) is 1.49. The molecule has 0 bridgehead atoms. The van der Waals surface area contributed by atoms with Gasteiger partial charge in [0.1, 0.15) is 5.82 Å². The van der Waals surface area contributed by atoms with Crippen LogP contribution in [0.2, 0.25) is 0 Å². The summed E-state index contributed by atoms with van der Waals surface area (Å²) in [5, 5.41) is 7.94. The second kappa shape index (κ2) is 6.28. The Labute approximate surface area is 136 Å². The van der Waals surface area contributed by atoms with Crippen LogP contribution in [-0.2, 0) is 6.42 Å². The summed E-state index contributed by atoms with van der Waals surface area (Å²) in [6.45, 7) is 7.10. The van der Waals surface area contributed by atoms with Gasteiger partial charge in [-0.1, -0.05) is 18.2 Å². The third kappa shape index (κ3) is 4.00. The van der Waals surface area contributed by atoms with Crippen molar-refractivity contribution in [2.75, 3.05) is 17.2 Å². The third-order valence-electron chi connectivity index (χ3n) is 3.52. The molecule has 3 rings (SSSR count). The van der Waals surface area contributed by atoms with E-state index < -0.39 is 0 Å². The Morgan fingerprint density at radius 1 is 1.13 bits per heavy atom. The second-order valence-electron chi connectivity index (χ2n) is 6.68. The Balaban J connectivity index is 1.61. The molecule has 0 fully saturated rings. The molecule has 5 heteroatoms. The number of para-hydroxylation sites is 1. The van der Waals surface area contributed by atoms with Gasteiger partial charge >= 0.3 is 0 Å². The summed E-state index contributed by atoms with van der Waals surface area (Å²) in [7, 11) is 0. The van der Waals surface area contributed by atoms with Crippen LogP contribution in [0.1, 0.15) is 26.3 Å². The van der Waals surface area contributed by atoms with E-state index in [0.717, 1.165) is 18.8 Å². The van der Waals surface area contributed by atoms with Crippen molar-refractivity contribution in [2.24, 2.45) is 0 Å². The predicted molar refractivity (Wildman–Crippen MR) is 95.9 cm³/mol. The Kier molecular flexibility index (Phi) is 4.19. The standard InChI is InChI=1S/C18H23N5/c1-18(2,3)23-17-20-11-9-16(22-17)19-10-8-13-12-21-15-7-5-4-6-14(13)15/h4-7,9,11-12,21H,8,10H2,1-3H3,(H2,19,20,22,23). The fourth-order valence-corrected chi connectivity index (χ4v) is 2.52. The molecule has 3 N–H and O–H groups in total. The summed E-state index contributed by atoms with van der Waals surface area (Å²) < 4.78 is 0. The highest BCUT2D eigenvalue weighted by molar-refractivity contribution is 5.83. The highest BCUT2D eigenvalue weighted by atomic mass is 15.2. The van der Waals surface area contributed by atoms with Gasteiger partial charge in [0.25, 0.3) is 0 Å². The van der Waals surface area contributed by atoms with Gasteiger partial charge in [-0.05, 0) is 44.9 Å². The van der Waals surface area contributed by atoms with E-state index in [2.05, 4.69) is 70.8 Å². The van der Waals surface area contributed by atoms with E-state index in [4.69, 9.17) is 0 Å². The van der Waals surface area contributed by atoms with Crippen molar-refractivity contribution in [3.05, 3.63) is 48.3 Å². The molecule has 0 spiro atoms. The molecule has 0 saturated heterocycles. The van der Waals surface area contributed by atoms with Gasteiger partial charge in [0, 0.05) is 35.4 Å². The molecule has 1 aromatic carbocycles. The topological polar surface area (TPSA) is 65.6 Å². The zero-order valence-corrected chi connectivity index (χ0v) is 13.9. The van der Waals surface area contributed by atoms with Gasteiger partial charge in [-0.3, -0.25) is 0 Å². The van der Waals surface area contributed by atoms with Crippen molar-refractivity contribution < 1.29 is 0 Å². The minimum absolute atomic E-state index is 0.0529. The number of aromatic nitrogens is 3. The number of anilines is 2. The van der Waals surface area contributed by atoms with Crippen molar-refractivity contribution >= 4 is 22.7 Å². The maximum atomic E-state index is 4.50. The number of benzene rings is 1. The number of H-pyrrole nitrogens is 1. The summed E-state index contributed by atoms with van der Waals surface area (Å²) in [6, 6.07) is 10.3. The molecule has 0 unspecified atom stereocenters. The lowest BCUT2D eigenvalue weighted by atomic mass is 10.1. The molecule has 23 heavy (non-hydrogen) atoms. The quantitative estimate of drug-likeness (QED) is 0.670. The zero-order valence-electron chi connectivity index (χ0n) is 13.9. The number of aromatic amines is 1. The normalized spacial score (nSPS) is 11.6. The monoisotopic (exact) mass is 309 g/mol. The van der Waals surface area contributed by atoms with Crippen molar-refractivity contribution in [1.82, 2.24) is 15.0 Å². The average molecular weight is 309 g/mol. The fourth-order valence-electron chi connectivity index (χ4n) is 2.52. The van der Waals surface area contributed by atoms with Gasteiger partial charge in [0.2, 0.25) is 5.95 Å². The fraction of sp³-hybridized carbons (Fsp3) is 0.333. The molecule has 0 aliphatic carbocycles. The molecule has 0 radical (unpaired) electrons. The van der Waals surface area contributed by atoms with E-state index in [0.29, 0.717) is 5.95 Å². The highest BCUT2D eigenvalue weighted by Crippen LogP contribution is 2.18.